The van der Waals surface area contributed by atoms with Crippen LogP contribution in [0.3, 0.4) is 0 Å². The van der Waals surface area contributed by atoms with Crippen molar-refractivity contribution in [3.8, 4) is 5.88 Å². The Morgan fingerprint density at radius 1 is 1.19 bits per heavy atom. The average molecular weight is 393 g/mol. The van der Waals surface area contributed by atoms with Crippen LogP contribution in [0.1, 0.15) is 23.7 Å². The summed E-state index contributed by atoms with van der Waals surface area (Å²) in [5, 5.41) is 3.93. The number of pyridine rings is 1. The molecule has 0 unspecified atom stereocenters. The Labute approximate surface area is 158 Å². The van der Waals surface area contributed by atoms with Gasteiger partial charge in [-0.2, -0.15) is 9.40 Å². The highest BCUT2D eigenvalue weighted by Gasteiger charge is 2.29. The van der Waals surface area contributed by atoms with Gasteiger partial charge in [-0.25, -0.2) is 13.4 Å². The minimum atomic E-state index is -3.61. The number of hydrogen-bond acceptors (Lipinski definition) is 6. The molecule has 9 nitrogen and oxygen atoms in total. The van der Waals surface area contributed by atoms with E-state index in [1.165, 1.54) is 27.6 Å². The fourth-order valence-corrected chi connectivity index (χ4v) is 4.40. The lowest BCUT2D eigenvalue weighted by Gasteiger charge is -2.21. The maximum absolute atomic E-state index is 12.7. The Bertz CT molecular complexity index is 894. The van der Waals surface area contributed by atoms with E-state index in [4.69, 9.17) is 4.74 Å². The summed E-state index contributed by atoms with van der Waals surface area (Å²) in [6.45, 7) is 3.80. The molecule has 146 valence electrons. The number of rotatable bonds is 5. The second-order valence-electron chi connectivity index (χ2n) is 6.22. The van der Waals surface area contributed by atoms with E-state index in [0.717, 1.165) is 0 Å². The second-order valence-corrected chi connectivity index (χ2v) is 8.16. The van der Waals surface area contributed by atoms with Gasteiger partial charge in [-0.15, -0.1) is 0 Å². The first-order valence-electron chi connectivity index (χ1n) is 8.78. The lowest BCUT2D eigenvalue weighted by atomic mass is 10.2. The number of aryl methyl sites for hydroxylation is 1. The van der Waals surface area contributed by atoms with Gasteiger partial charge in [0, 0.05) is 51.7 Å². The van der Waals surface area contributed by atoms with Crippen molar-refractivity contribution < 1.29 is 17.9 Å². The molecule has 1 saturated heterocycles. The maximum Gasteiger partial charge on any atom is 0.255 e. The van der Waals surface area contributed by atoms with E-state index >= 15 is 0 Å². The van der Waals surface area contributed by atoms with Crippen molar-refractivity contribution in [2.45, 2.75) is 18.2 Å². The number of aromatic nitrogens is 3. The fourth-order valence-electron chi connectivity index (χ4n) is 2.94. The van der Waals surface area contributed by atoms with Crippen molar-refractivity contribution in [1.29, 1.82) is 0 Å². The van der Waals surface area contributed by atoms with Gasteiger partial charge >= 0.3 is 0 Å². The van der Waals surface area contributed by atoms with Gasteiger partial charge in [-0.05, 0) is 19.4 Å². The van der Waals surface area contributed by atoms with E-state index in [1.54, 1.807) is 24.1 Å². The van der Waals surface area contributed by atoms with Crippen molar-refractivity contribution in [1.82, 2.24) is 24.0 Å². The first kappa shape index (κ1) is 19.3. The highest BCUT2D eigenvalue weighted by Crippen LogP contribution is 2.18. The molecule has 0 aromatic carbocycles. The Morgan fingerprint density at radius 3 is 2.63 bits per heavy atom. The third kappa shape index (κ3) is 4.28. The Hall–Kier alpha value is -2.46. The van der Waals surface area contributed by atoms with Crippen LogP contribution in [0.2, 0.25) is 0 Å². The van der Waals surface area contributed by atoms with E-state index < -0.39 is 10.0 Å². The summed E-state index contributed by atoms with van der Waals surface area (Å²) in [5.74, 6) is 0.310. The van der Waals surface area contributed by atoms with E-state index in [0.29, 0.717) is 44.1 Å². The lowest BCUT2D eigenvalue weighted by molar-refractivity contribution is 0.0763. The summed E-state index contributed by atoms with van der Waals surface area (Å²) >= 11 is 0. The molecule has 3 heterocycles. The Morgan fingerprint density at radius 2 is 2.00 bits per heavy atom. The van der Waals surface area contributed by atoms with Crippen LogP contribution in [-0.4, -0.2) is 71.1 Å². The molecule has 1 aliphatic heterocycles. The molecular formula is C17H23N5O4S. The molecule has 1 fully saturated rings. The number of carbonyl (C=O) groups is 1. The minimum absolute atomic E-state index is 0.161. The van der Waals surface area contributed by atoms with Gasteiger partial charge < -0.3 is 9.64 Å². The van der Waals surface area contributed by atoms with Crippen LogP contribution in [0, 0.1) is 0 Å². The maximum atomic E-state index is 12.7. The highest BCUT2D eigenvalue weighted by atomic mass is 32.2. The van der Waals surface area contributed by atoms with Crippen LogP contribution >= 0.6 is 0 Å². The Balaban J connectivity index is 1.68. The number of sulfonamides is 1. The van der Waals surface area contributed by atoms with Gasteiger partial charge in [0.25, 0.3) is 5.91 Å². The van der Waals surface area contributed by atoms with Crippen LogP contribution in [0.4, 0.5) is 0 Å². The zero-order chi connectivity index (χ0) is 19.4. The normalized spacial score (nSPS) is 16.1. The molecule has 0 radical (unpaired) electrons. The SMILES string of the molecule is CCOc1ccc(C(=O)N2CCCN(S(=O)(=O)c3cnn(C)c3)CC2)cn1. The molecule has 0 aliphatic carbocycles. The molecule has 0 atom stereocenters. The van der Waals surface area contributed by atoms with E-state index in [9.17, 15) is 13.2 Å². The van der Waals surface area contributed by atoms with Crippen LogP contribution in [0.15, 0.2) is 35.6 Å². The monoisotopic (exact) mass is 393 g/mol. The van der Waals surface area contributed by atoms with Gasteiger partial charge in [-0.1, -0.05) is 0 Å². The molecule has 2 aromatic heterocycles. The first-order chi connectivity index (χ1) is 12.9. The topological polar surface area (TPSA) is 97.6 Å². The zero-order valence-corrected chi connectivity index (χ0v) is 16.2. The predicted molar refractivity (Wildman–Crippen MR) is 97.9 cm³/mol. The largest absolute Gasteiger partial charge is 0.478 e. The van der Waals surface area contributed by atoms with Gasteiger partial charge in [0.2, 0.25) is 15.9 Å². The van der Waals surface area contributed by atoms with Crippen LogP contribution in [-0.2, 0) is 17.1 Å². The van der Waals surface area contributed by atoms with Crippen molar-refractivity contribution >= 4 is 15.9 Å². The fraction of sp³-hybridized carbons (Fsp3) is 0.471. The first-order valence-corrected chi connectivity index (χ1v) is 10.2. The summed E-state index contributed by atoms with van der Waals surface area (Å²) in [5.41, 5.74) is 0.460. The molecule has 0 saturated carbocycles. The highest BCUT2D eigenvalue weighted by molar-refractivity contribution is 7.89. The van der Waals surface area contributed by atoms with Crippen molar-refractivity contribution in [3.05, 3.63) is 36.3 Å². The molecule has 2 aromatic rings. The number of carbonyl (C=O) groups excluding carboxylic acids is 1. The summed E-state index contributed by atoms with van der Waals surface area (Å²) in [6.07, 6.45) is 4.88. The van der Waals surface area contributed by atoms with Crippen molar-refractivity contribution in [2.75, 3.05) is 32.8 Å². The van der Waals surface area contributed by atoms with Crippen molar-refractivity contribution in [2.24, 2.45) is 7.05 Å². The Kier molecular flexibility index (Phi) is 5.76. The van der Waals surface area contributed by atoms with Gasteiger partial charge in [0.15, 0.2) is 0 Å². The second kappa shape index (κ2) is 8.05. The predicted octanol–water partition coefficient (Wildman–Crippen LogP) is 0.751. The van der Waals surface area contributed by atoms with Gasteiger partial charge in [-0.3, -0.25) is 9.48 Å². The summed E-state index contributed by atoms with van der Waals surface area (Å²) in [6, 6.07) is 3.34. The smallest absolute Gasteiger partial charge is 0.255 e. The molecule has 0 N–H and O–H groups in total. The standard InChI is InChI=1S/C17H23N5O4S/c1-3-26-16-6-5-14(11-18-16)17(23)21-7-4-8-22(10-9-21)27(24,25)15-12-19-20(2)13-15/h5-6,11-13H,3-4,7-10H2,1-2H3. The molecule has 27 heavy (non-hydrogen) atoms. The molecular weight excluding hydrogens is 370 g/mol. The summed E-state index contributed by atoms with van der Waals surface area (Å²) in [7, 11) is -1.93. The lowest BCUT2D eigenvalue weighted by Crippen LogP contribution is -2.37. The molecule has 10 heteroatoms. The number of hydrogen-bond donors (Lipinski definition) is 0. The number of nitrogens with zero attached hydrogens (tertiary/aromatic N) is 5. The molecule has 0 bridgehead atoms. The number of ether oxygens (including phenoxy) is 1. The van der Waals surface area contributed by atoms with Crippen molar-refractivity contribution in [3.63, 3.8) is 0 Å². The molecule has 0 spiro atoms. The number of amides is 1. The molecule has 1 amide bonds. The molecule has 3 rings (SSSR count). The van der Waals surface area contributed by atoms with E-state index in [-0.39, 0.29) is 17.3 Å². The van der Waals surface area contributed by atoms with Crippen LogP contribution in [0.25, 0.3) is 0 Å². The zero-order valence-electron chi connectivity index (χ0n) is 15.4. The van der Waals surface area contributed by atoms with Crippen LogP contribution < -0.4 is 4.74 Å². The van der Waals surface area contributed by atoms with Crippen LogP contribution in [0.5, 0.6) is 5.88 Å². The van der Waals surface area contributed by atoms with E-state index in [2.05, 4.69) is 10.1 Å². The third-order valence-corrected chi connectivity index (χ3v) is 6.19. The van der Waals surface area contributed by atoms with E-state index in [1.807, 2.05) is 6.92 Å². The minimum Gasteiger partial charge on any atom is -0.478 e. The summed E-state index contributed by atoms with van der Waals surface area (Å²) in [4.78, 5) is 18.7. The average Bonchev–Trinajstić information content (AvgIpc) is 2.95. The molecule has 1 aliphatic rings. The van der Waals surface area contributed by atoms with Gasteiger partial charge in [0.05, 0.1) is 18.4 Å². The quantitative estimate of drug-likeness (QED) is 0.744. The van der Waals surface area contributed by atoms with Gasteiger partial charge in [0.1, 0.15) is 4.90 Å². The summed E-state index contributed by atoms with van der Waals surface area (Å²) < 4.78 is 33.6. The third-order valence-electron chi connectivity index (χ3n) is 4.34.